The molecule has 0 aromatic heterocycles. The van der Waals surface area contributed by atoms with E-state index >= 15 is 0 Å². The van der Waals surface area contributed by atoms with Crippen molar-refractivity contribution in [1.29, 1.82) is 0 Å². The topological polar surface area (TPSA) is 201 Å². The van der Waals surface area contributed by atoms with Crippen molar-refractivity contribution in [3.05, 3.63) is 54.4 Å². The minimum absolute atomic E-state index is 0.0698. The molecule has 42 heavy (non-hydrogen) atoms. The van der Waals surface area contributed by atoms with Crippen LogP contribution in [0, 0.1) is 5.92 Å². The van der Waals surface area contributed by atoms with Crippen molar-refractivity contribution in [3.63, 3.8) is 0 Å². The average Bonchev–Trinajstić information content (AvgIpc) is 2.95. The van der Waals surface area contributed by atoms with Crippen LogP contribution in [0.1, 0.15) is 39.7 Å². The van der Waals surface area contributed by atoms with Gasteiger partial charge in [0.05, 0.1) is 12.4 Å². The summed E-state index contributed by atoms with van der Waals surface area (Å²) in [6.45, 7) is 10.6. The van der Waals surface area contributed by atoms with Crippen molar-refractivity contribution < 1.29 is 33.5 Å². The first kappa shape index (κ1) is 37.1. The van der Waals surface area contributed by atoms with E-state index < -0.39 is 42.3 Å². The zero-order chi connectivity index (χ0) is 32.1. The van der Waals surface area contributed by atoms with Gasteiger partial charge in [-0.2, -0.15) is 0 Å². The summed E-state index contributed by atoms with van der Waals surface area (Å²) in [6.07, 6.45) is 3.34. The summed E-state index contributed by atoms with van der Waals surface area (Å²) in [7, 11) is 1.45. The molecule has 0 bridgehead atoms. The van der Waals surface area contributed by atoms with Gasteiger partial charge in [0, 0.05) is 19.3 Å². The highest BCUT2D eigenvalue weighted by atomic mass is 16.5. The molecule has 0 radical (unpaired) electrons. The van der Waals surface area contributed by atoms with Gasteiger partial charge in [-0.15, -0.1) is 0 Å². The van der Waals surface area contributed by atoms with E-state index in [2.05, 4.69) is 40.1 Å². The number of nitrogens with two attached hydrogens (primary N) is 1. The molecule has 1 rings (SSSR count). The van der Waals surface area contributed by atoms with Gasteiger partial charge in [-0.25, -0.2) is 4.79 Å². The molecule has 0 fully saturated rings. The molecule has 0 aliphatic heterocycles. The second-order valence-electron chi connectivity index (χ2n) is 9.10. The highest BCUT2D eigenvalue weighted by molar-refractivity contribution is 5.99. The minimum Gasteiger partial charge on any atom is -0.445 e. The number of imide groups is 1. The van der Waals surface area contributed by atoms with Gasteiger partial charge >= 0.3 is 6.09 Å². The second-order valence-corrected chi connectivity index (χ2v) is 9.10. The van der Waals surface area contributed by atoms with E-state index in [4.69, 9.17) is 10.5 Å². The molecule has 232 valence electrons. The lowest BCUT2D eigenvalue weighted by Gasteiger charge is -2.23. The van der Waals surface area contributed by atoms with E-state index in [1.54, 1.807) is 45.0 Å². The van der Waals surface area contributed by atoms with Crippen molar-refractivity contribution in [2.75, 3.05) is 32.0 Å². The summed E-state index contributed by atoms with van der Waals surface area (Å²) in [4.78, 5) is 71.6. The predicted octanol–water partition coefficient (Wildman–Crippen LogP) is 0.715. The fraction of sp³-hybridized carbons (Fsp3) is 0.429. The van der Waals surface area contributed by atoms with Crippen molar-refractivity contribution in [3.8, 4) is 0 Å². The first-order valence-corrected chi connectivity index (χ1v) is 13.3. The van der Waals surface area contributed by atoms with Gasteiger partial charge in [-0.1, -0.05) is 45.6 Å². The molecule has 14 nitrogen and oxygen atoms in total. The number of hydrogen-bond donors (Lipinski definition) is 6. The van der Waals surface area contributed by atoms with Crippen LogP contribution in [0.25, 0.3) is 0 Å². The standard InChI is InChI=1S/C23H31N5O7.C5H12N2/c1-5-6-20(32)28(14-29)12-19(31)27-21(15(2)3)22(33)25-11-18(30)26-17-9-7-16(8-10-17)13-35-23(34)24-4;1-3-4-7-5(2)6/h5-10,14-15,21H,11-13H2,1-4H3,(H,24,34)(H,25,33)(H,26,30)(H,27,31);7H,2-4,6H2,1H3/b6-5-;. The molecular formula is C28H43N7O7. The molecule has 0 aliphatic rings. The van der Waals surface area contributed by atoms with E-state index in [1.165, 1.54) is 13.1 Å². The number of carbonyl (C=O) groups excluding carboxylic acids is 6. The Morgan fingerprint density at radius 3 is 2.19 bits per heavy atom. The summed E-state index contributed by atoms with van der Waals surface area (Å²) in [5.74, 6) is -2.22. The van der Waals surface area contributed by atoms with Crippen molar-refractivity contribution in [2.24, 2.45) is 11.7 Å². The summed E-state index contributed by atoms with van der Waals surface area (Å²) < 4.78 is 4.93. The number of hydrogen-bond acceptors (Lipinski definition) is 9. The summed E-state index contributed by atoms with van der Waals surface area (Å²) >= 11 is 0. The smallest absolute Gasteiger partial charge is 0.407 e. The van der Waals surface area contributed by atoms with E-state index in [9.17, 15) is 28.8 Å². The number of allylic oxidation sites excluding steroid dienone is 1. The van der Waals surface area contributed by atoms with Crippen LogP contribution in [0.3, 0.4) is 0 Å². The normalized spacial score (nSPS) is 10.8. The Balaban J connectivity index is 0.00000212. The number of ether oxygens (including phenoxy) is 1. The van der Waals surface area contributed by atoms with Crippen LogP contribution in [0.5, 0.6) is 0 Å². The Morgan fingerprint density at radius 1 is 1.07 bits per heavy atom. The molecule has 6 amide bonds. The minimum atomic E-state index is -0.986. The first-order valence-electron chi connectivity index (χ1n) is 13.3. The second kappa shape index (κ2) is 20.9. The Bertz CT molecular complexity index is 1090. The fourth-order valence-corrected chi connectivity index (χ4v) is 2.99. The first-order chi connectivity index (χ1) is 19.9. The lowest BCUT2D eigenvalue weighted by Crippen LogP contribution is -2.53. The van der Waals surface area contributed by atoms with Gasteiger partial charge in [0.25, 0.3) is 5.91 Å². The van der Waals surface area contributed by atoms with Crippen molar-refractivity contribution >= 4 is 41.8 Å². The molecular weight excluding hydrogens is 546 g/mol. The van der Waals surface area contributed by atoms with Gasteiger partial charge in [-0.3, -0.25) is 28.9 Å². The maximum Gasteiger partial charge on any atom is 0.407 e. The van der Waals surface area contributed by atoms with E-state index in [-0.39, 0.29) is 25.5 Å². The van der Waals surface area contributed by atoms with Gasteiger partial charge in [0.15, 0.2) is 0 Å². The molecule has 7 N–H and O–H groups in total. The molecule has 14 heteroatoms. The van der Waals surface area contributed by atoms with E-state index in [0.29, 0.717) is 16.4 Å². The highest BCUT2D eigenvalue weighted by Gasteiger charge is 2.26. The monoisotopic (exact) mass is 589 g/mol. The van der Waals surface area contributed by atoms with Gasteiger partial charge in [-0.05, 0) is 43.0 Å². The molecule has 0 heterocycles. The van der Waals surface area contributed by atoms with Gasteiger partial charge in [0.1, 0.15) is 19.2 Å². The zero-order valence-electron chi connectivity index (χ0n) is 24.8. The number of nitrogens with zero attached hydrogens (tertiary/aromatic N) is 1. The van der Waals surface area contributed by atoms with Crippen LogP contribution in [0.15, 0.2) is 48.8 Å². The molecule has 0 saturated carbocycles. The van der Waals surface area contributed by atoms with Crippen LogP contribution in [-0.2, 0) is 35.3 Å². The van der Waals surface area contributed by atoms with E-state index in [1.807, 2.05) is 0 Å². The van der Waals surface area contributed by atoms with Crippen LogP contribution in [0.2, 0.25) is 0 Å². The molecule has 0 saturated heterocycles. The van der Waals surface area contributed by atoms with Crippen LogP contribution in [0.4, 0.5) is 10.5 Å². The summed E-state index contributed by atoms with van der Waals surface area (Å²) in [5, 5.41) is 12.8. The molecule has 1 aromatic carbocycles. The van der Waals surface area contributed by atoms with E-state index in [0.717, 1.165) is 24.6 Å². The van der Waals surface area contributed by atoms with Crippen LogP contribution >= 0.6 is 0 Å². The maximum atomic E-state index is 12.6. The Labute approximate surface area is 246 Å². The number of alkyl carbamates (subject to hydrolysis) is 1. The Kier molecular flexibility index (Phi) is 18.5. The molecule has 1 atom stereocenters. The fourth-order valence-electron chi connectivity index (χ4n) is 2.99. The summed E-state index contributed by atoms with van der Waals surface area (Å²) in [5.41, 5.74) is 6.36. The molecule has 1 aromatic rings. The maximum absolute atomic E-state index is 12.6. The highest BCUT2D eigenvalue weighted by Crippen LogP contribution is 2.10. The summed E-state index contributed by atoms with van der Waals surface area (Å²) in [6, 6.07) is 5.59. The Hall–Kier alpha value is -4.88. The average molecular weight is 590 g/mol. The number of benzene rings is 1. The SMILES string of the molecule is C/C=C\C(=O)N(C=O)CC(=O)NC(C(=O)NCC(=O)Nc1ccc(COC(=O)NC)cc1)C(C)C.C=C(N)NCCC. The molecule has 0 spiro atoms. The third kappa shape index (κ3) is 16.3. The third-order valence-electron chi connectivity index (χ3n) is 5.14. The lowest BCUT2D eigenvalue weighted by atomic mass is 10.0. The lowest BCUT2D eigenvalue weighted by molar-refractivity contribution is -0.139. The number of anilines is 1. The Morgan fingerprint density at radius 2 is 1.71 bits per heavy atom. The number of carbonyl (C=O) groups is 6. The van der Waals surface area contributed by atoms with Crippen LogP contribution in [-0.4, -0.2) is 73.8 Å². The van der Waals surface area contributed by atoms with Gasteiger partial charge < -0.3 is 37.1 Å². The number of amides is 6. The van der Waals surface area contributed by atoms with Crippen molar-refractivity contribution in [1.82, 2.24) is 26.2 Å². The molecule has 0 aliphatic carbocycles. The molecule has 1 unspecified atom stereocenters. The zero-order valence-corrected chi connectivity index (χ0v) is 24.8. The number of nitrogens with one attached hydrogen (secondary N) is 5. The predicted molar refractivity (Wildman–Crippen MR) is 158 cm³/mol. The van der Waals surface area contributed by atoms with Crippen LogP contribution < -0.4 is 32.3 Å². The number of rotatable bonds is 15. The third-order valence-corrected chi connectivity index (χ3v) is 5.14. The van der Waals surface area contributed by atoms with Crippen molar-refractivity contribution in [2.45, 2.75) is 46.8 Å². The van der Waals surface area contributed by atoms with Gasteiger partial charge in [0.2, 0.25) is 24.1 Å². The quantitative estimate of drug-likeness (QED) is 0.126. The largest absolute Gasteiger partial charge is 0.445 e.